The van der Waals surface area contributed by atoms with E-state index in [1.54, 1.807) is 26.4 Å². The number of phenolic OH excluding ortho intramolecular Hbond substituents is 3. The molecule has 0 saturated carbocycles. The molecule has 4 aromatic rings. The van der Waals surface area contributed by atoms with E-state index in [1.165, 1.54) is 5.56 Å². The van der Waals surface area contributed by atoms with Crippen LogP contribution in [0.2, 0.25) is 0 Å². The second kappa shape index (κ2) is 12.1. The van der Waals surface area contributed by atoms with E-state index in [0.29, 0.717) is 29.4 Å². The van der Waals surface area contributed by atoms with Gasteiger partial charge in [0.1, 0.15) is 5.75 Å². The zero-order valence-electron chi connectivity index (χ0n) is 24.8. The minimum atomic E-state index is 0.0169. The molecule has 43 heavy (non-hydrogen) atoms. The summed E-state index contributed by atoms with van der Waals surface area (Å²) in [5, 5.41) is 34.9. The van der Waals surface area contributed by atoms with Crippen molar-refractivity contribution >= 4 is 0 Å². The van der Waals surface area contributed by atoms with E-state index in [-0.39, 0.29) is 29.3 Å². The lowest BCUT2D eigenvalue weighted by Crippen LogP contribution is -2.33. The van der Waals surface area contributed by atoms with Gasteiger partial charge in [0.05, 0.1) is 14.2 Å². The van der Waals surface area contributed by atoms with Gasteiger partial charge in [-0.3, -0.25) is 4.90 Å². The molecular formula is C35H38N2O6. The average Bonchev–Trinajstić information content (AvgIpc) is 3.01. The van der Waals surface area contributed by atoms with Gasteiger partial charge in [-0.1, -0.05) is 18.2 Å². The Bertz CT molecular complexity index is 1620. The molecule has 4 aromatic carbocycles. The molecule has 4 N–H and O–H groups in total. The highest BCUT2D eigenvalue weighted by Gasteiger charge is 2.27. The summed E-state index contributed by atoms with van der Waals surface area (Å²) in [6.07, 6.45) is 3.23. The molecule has 8 nitrogen and oxygen atoms in total. The molecule has 0 aliphatic carbocycles. The average molecular weight is 583 g/mol. The third-order valence-corrected chi connectivity index (χ3v) is 8.71. The number of nitrogens with zero attached hydrogens (tertiary/aromatic N) is 1. The van der Waals surface area contributed by atoms with Crippen LogP contribution in [0.15, 0.2) is 66.7 Å². The van der Waals surface area contributed by atoms with E-state index in [2.05, 4.69) is 17.3 Å². The summed E-state index contributed by atoms with van der Waals surface area (Å²) in [7, 11) is 5.25. The van der Waals surface area contributed by atoms with E-state index in [1.807, 2.05) is 54.6 Å². The minimum Gasteiger partial charge on any atom is -0.504 e. The molecule has 0 fully saturated rings. The number of nitrogens with one attached hydrogen (secondary N) is 1. The van der Waals surface area contributed by atoms with Crippen molar-refractivity contribution in [3.8, 4) is 40.2 Å². The fraction of sp³-hybridized carbons (Fsp3) is 0.314. The highest BCUT2D eigenvalue weighted by Crippen LogP contribution is 2.40. The van der Waals surface area contributed by atoms with Crippen LogP contribution in [0.4, 0.5) is 0 Å². The molecule has 0 aromatic heterocycles. The van der Waals surface area contributed by atoms with Gasteiger partial charge >= 0.3 is 0 Å². The monoisotopic (exact) mass is 582 g/mol. The quantitative estimate of drug-likeness (QED) is 0.206. The number of rotatable bonds is 8. The zero-order chi connectivity index (χ0) is 30.1. The van der Waals surface area contributed by atoms with Crippen LogP contribution >= 0.6 is 0 Å². The zero-order valence-corrected chi connectivity index (χ0v) is 24.8. The number of phenols is 3. The maximum atomic E-state index is 10.6. The van der Waals surface area contributed by atoms with Crippen LogP contribution in [-0.2, 0) is 25.7 Å². The molecule has 8 heteroatoms. The summed E-state index contributed by atoms with van der Waals surface area (Å²) in [4.78, 5) is 2.32. The van der Waals surface area contributed by atoms with Crippen molar-refractivity contribution in [2.24, 2.45) is 0 Å². The molecule has 2 atom stereocenters. The smallest absolute Gasteiger partial charge is 0.169 e. The summed E-state index contributed by atoms with van der Waals surface area (Å²) in [5.74, 6) is 2.39. The Morgan fingerprint density at radius 3 is 2.07 bits per heavy atom. The molecule has 224 valence electrons. The Balaban J connectivity index is 1.16. The minimum absolute atomic E-state index is 0.0169. The molecule has 2 aliphatic heterocycles. The lowest BCUT2D eigenvalue weighted by Gasteiger charge is -2.35. The highest BCUT2D eigenvalue weighted by atomic mass is 16.5. The van der Waals surface area contributed by atoms with Crippen LogP contribution < -0.4 is 19.5 Å². The van der Waals surface area contributed by atoms with Gasteiger partial charge in [0, 0.05) is 18.6 Å². The van der Waals surface area contributed by atoms with E-state index >= 15 is 0 Å². The van der Waals surface area contributed by atoms with E-state index in [4.69, 9.17) is 14.2 Å². The Labute approximate surface area is 252 Å². The highest BCUT2D eigenvalue weighted by molar-refractivity contribution is 5.51. The van der Waals surface area contributed by atoms with Gasteiger partial charge in [-0.15, -0.1) is 0 Å². The van der Waals surface area contributed by atoms with Crippen molar-refractivity contribution in [3.05, 3.63) is 100 Å². The van der Waals surface area contributed by atoms with Crippen molar-refractivity contribution in [2.75, 3.05) is 34.4 Å². The topological polar surface area (TPSA) is 104 Å². The van der Waals surface area contributed by atoms with E-state index in [9.17, 15) is 15.3 Å². The Hall–Kier alpha value is -4.40. The third-order valence-electron chi connectivity index (χ3n) is 8.71. The van der Waals surface area contributed by atoms with Gasteiger partial charge in [-0.05, 0) is 121 Å². The summed E-state index contributed by atoms with van der Waals surface area (Å²) in [5.41, 5.74) is 6.69. The second-order valence-corrected chi connectivity index (χ2v) is 11.4. The predicted molar refractivity (Wildman–Crippen MR) is 165 cm³/mol. The molecule has 0 amide bonds. The largest absolute Gasteiger partial charge is 0.504 e. The van der Waals surface area contributed by atoms with E-state index in [0.717, 1.165) is 60.2 Å². The van der Waals surface area contributed by atoms with Gasteiger partial charge < -0.3 is 34.8 Å². The predicted octanol–water partition coefficient (Wildman–Crippen LogP) is 5.81. The second-order valence-electron chi connectivity index (χ2n) is 11.4. The number of ether oxygens (including phenoxy) is 3. The summed E-state index contributed by atoms with van der Waals surface area (Å²) < 4.78 is 16.8. The maximum Gasteiger partial charge on any atom is 0.169 e. The first-order valence-electron chi connectivity index (χ1n) is 14.6. The number of hydrogen-bond acceptors (Lipinski definition) is 8. The van der Waals surface area contributed by atoms with Crippen molar-refractivity contribution < 1.29 is 29.5 Å². The van der Waals surface area contributed by atoms with Crippen LogP contribution in [0.25, 0.3) is 0 Å². The first kappa shape index (κ1) is 28.7. The molecule has 2 aliphatic rings. The first-order chi connectivity index (χ1) is 20.8. The lowest BCUT2D eigenvalue weighted by molar-refractivity contribution is 0.228. The van der Waals surface area contributed by atoms with Crippen LogP contribution in [0.5, 0.6) is 40.2 Å². The van der Waals surface area contributed by atoms with Gasteiger partial charge in [0.15, 0.2) is 34.5 Å². The maximum absolute atomic E-state index is 10.6. The number of aromatic hydroxyl groups is 3. The molecule has 2 heterocycles. The molecular weight excluding hydrogens is 544 g/mol. The van der Waals surface area contributed by atoms with E-state index < -0.39 is 0 Å². The van der Waals surface area contributed by atoms with Crippen LogP contribution in [0.3, 0.4) is 0 Å². The van der Waals surface area contributed by atoms with Gasteiger partial charge in [-0.2, -0.15) is 0 Å². The van der Waals surface area contributed by atoms with Gasteiger partial charge in [-0.25, -0.2) is 0 Å². The van der Waals surface area contributed by atoms with Crippen molar-refractivity contribution in [3.63, 3.8) is 0 Å². The number of methoxy groups -OCH3 is 2. The Kier molecular flexibility index (Phi) is 8.06. The number of likely N-dealkylation sites (N-methyl/N-ethyl adjacent to an activating group) is 1. The summed E-state index contributed by atoms with van der Waals surface area (Å²) in [6, 6.07) is 21.0. The number of benzene rings is 4. The summed E-state index contributed by atoms with van der Waals surface area (Å²) in [6.45, 7) is 1.76. The lowest BCUT2D eigenvalue weighted by atomic mass is 9.88. The van der Waals surface area contributed by atoms with Gasteiger partial charge in [0.25, 0.3) is 0 Å². The fourth-order valence-electron chi connectivity index (χ4n) is 6.32. The molecule has 0 bridgehead atoms. The molecule has 0 radical (unpaired) electrons. The van der Waals surface area contributed by atoms with Crippen LogP contribution in [0, 0.1) is 0 Å². The standard InChI is InChI=1S/C35H38N2O6/c1-37-13-11-24-18-34(42-3)32(40)20-27(24)29(37)15-21-4-7-25(8-5-21)43-35-16-22(6-9-30(35)38)14-28-26-19-31(39)33(41-2)17-23(26)10-12-36-28/h4-9,16-20,28-29,36,38-40H,10-15H2,1-3H3/t28-,29-/m0/s1. The third kappa shape index (κ3) is 5.94. The Morgan fingerprint density at radius 2 is 1.37 bits per heavy atom. The number of hydrogen-bond donors (Lipinski definition) is 4. The van der Waals surface area contributed by atoms with Gasteiger partial charge in [0.2, 0.25) is 0 Å². The van der Waals surface area contributed by atoms with Crippen molar-refractivity contribution in [2.45, 2.75) is 37.8 Å². The normalized spacial score (nSPS) is 18.0. The Morgan fingerprint density at radius 1 is 0.721 bits per heavy atom. The van der Waals surface area contributed by atoms with Crippen molar-refractivity contribution in [1.82, 2.24) is 10.2 Å². The molecule has 0 saturated heterocycles. The molecule has 6 rings (SSSR count). The molecule has 0 unspecified atom stereocenters. The fourth-order valence-corrected chi connectivity index (χ4v) is 6.32. The van der Waals surface area contributed by atoms with Crippen molar-refractivity contribution in [1.29, 1.82) is 0 Å². The summed E-state index contributed by atoms with van der Waals surface area (Å²) >= 11 is 0. The van der Waals surface area contributed by atoms with Crippen LogP contribution in [-0.4, -0.2) is 54.6 Å². The van der Waals surface area contributed by atoms with Crippen LogP contribution in [0.1, 0.15) is 45.5 Å². The molecule has 0 spiro atoms. The SMILES string of the molecule is COc1cc2c(cc1O)[C@H](Cc1ccc(O)c(Oc3ccc(C[C@H]4c5cc(O)c(OC)cc5CCN4C)cc3)c1)NCC2. The number of fused-ring (bicyclic) bond motifs is 2. The first-order valence-corrected chi connectivity index (χ1v) is 14.6.